The van der Waals surface area contributed by atoms with Gasteiger partial charge in [-0.15, -0.1) is 11.3 Å². The maximum atomic E-state index is 11.5. The van der Waals surface area contributed by atoms with E-state index in [9.17, 15) is 9.90 Å². The molecule has 1 atom stereocenters. The smallest absolute Gasteiger partial charge is 0.326 e. The summed E-state index contributed by atoms with van der Waals surface area (Å²) < 4.78 is 0.971. The van der Waals surface area contributed by atoms with E-state index < -0.39 is 12.0 Å². The quantitative estimate of drug-likeness (QED) is 0.927. The van der Waals surface area contributed by atoms with Gasteiger partial charge in [0.2, 0.25) is 0 Å². The molecule has 1 N–H and O–H groups in total. The molecule has 94 valence electrons. The molecule has 1 aliphatic heterocycles. The number of carboxylic acids is 1. The van der Waals surface area contributed by atoms with Crippen molar-refractivity contribution < 1.29 is 9.90 Å². The lowest BCUT2D eigenvalue weighted by atomic mass is 10.2. The second-order valence-electron chi connectivity index (χ2n) is 4.36. The lowest BCUT2D eigenvalue weighted by Gasteiger charge is -2.26. The Kier molecular flexibility index (Phi) is 4.59. The number of aliphatic carboxylic acids is 1. The Labute approximate surface area is 114 Å². The van der Waals surface area contributed by atoms with Crippen LogP contribution in [0.4, 0.5) is 0 Å². The highest BCUT2D eigenvalue weighted by molar-refractivity contribution is 9.10. The summed E-state index contributed by atoms with van der Waals surface area (Å²) in [4.78, 5) is 14.5. The van der Waals surface area contributed by atoms with Crippen LogP contribution in [0.15, 0.2) is 15.9 Å². The van der Waals surface area contributed by atoms with E-state index in [2.05, 4.69) is 20.8 Å². The second kappa shape index (κ2) is 5.98. The highest BCUT2D eigenvalue weighted by Crippen LogP contribution is 2.31. The lowest BCUT2D eigenvalue weighted by molar-refractivity contribution is -0.143. The number of hydrogen-bond acceptors (Lipinski definition) is 3. The Hall–Kier alpha value is -0.390. The minimum atomic E-state index is -0.735. The van der Waals surface area contributed by atoms with E-state index >= 15 is 0 Å². The highest BCUT2D eigenvalue weighted by atomic mass is 79.9. The molecular weight excluding hydrogens is 302 g/mol. The molecule has 1 aliphatic rings. The molecule has 5 heteroatoms. The molecule has 1 fully saturated rings. The van der Waals surface area contributed by atoms with E-state index in [0.29, 0.717) is 0 Å². The molecule has 1 unspecified atom stereocenters. The fourth-order valence-electron chi connectivity index (χ4n) is 2.28. The largest absolute Gasteiger partial charge is 0.480 e. The van der Waals surface area contributed by atoms with Crippen molar-refractivity contribution in [2.24, 2.45) is 0 Å². The minimum Gasteiger partial charge on any atom is -0.480 e. The number of likely N-dealkylation sites (tertiary alicyclic amines) is 1. The predicted octanol–water partition coefficient (Wildman–Crippen LogP) is 3.51. The Morgan fingerprint density at radius 2 is 2.00 bits per heavy atom. The molecule has 1 aromatic rings. The van der Waals surface area contributed by atoms with Gasteiger partial charge in [0.25, 0.3) is 0 Å². The third-order valence-corrected chi connectivity index (χ3v) is 4.84. The van der Waals surface area contributed by atoms with Crippen molar-refractivity contribution in [1.82, 2.24) is 4.90 Å². The first-order valence-corrected chi connectivity index (χ1v) is 7.56. The van der Waals surface area contributed by atoms with Gasteiger partial charge in [-0.3, -0.25) is 9.69 Å². The molecule has 2 rings (SSSR count). The lowest BCUT2D eigenvalue weighted by Crippen LogP contribution is -2.34. The molecule has 2 heterocycles. The molecule has 0 aromatic carbocycles. The van der Waals surface area contributed by atoms with Crippen molar-refractivity contribution in [3.05, 3.63) is 20.8 Å². The number of carbonyl (C=O) groups is 1. The summed E-state index contributed by atoms with van der Waals surface area (Å²) in [5.74, 6) is -0.735. The summed E-state index contributed by atoms with van der Waals surface area (Å²) in [5, 5.41) is 11.4. The number of carboxylic acid groups (broad SMARTS) is 1. The molecule has 0 amide bonds. The summed E-state index contributed by atoms with van der Waals surface area (Å²) in [7, 11) is 0. The third-order valence-electron chi connectivity index (χ3n) is 3.10. The van der Waals surface area contributed by atoms with Gasteiger partial charge >= 0.3 is 5.97 Å². The minimum absolute atomic E-state index is 0.468. The Morgan fingerprint density at radius 1 is 1.35 bits per heavy atom. The average molecular weight is 318 g/mol. The first kappa shape index (κ1) is 13.1. The Balaban J connectivity index is 2.18. The number of hydrogen-bond donors (Lipinski definition) is 1. The molecule has 0 spiro atoms. The Morgan fingerprint density at radius 3 is 2.47 bits per heavy atom. The Bertz CT molecular complexity index is 386. The van der Waals surface area contributed by atoms with Crippen molar-refractivity contribution in [3.8, 4) is 0 Å². The van der Waals surface area contributed by atoms with Gasteiger partial charge in [-0.25, -0.2) is 0 Å². The zero-order chi connectivity index (χ0) is 12.3. The number of rotatable bonds is 3. The molecule has 0 bridgehead atoms. The topological polar surface area (TPSA) is 40.5 Å². The average Bonchev–Trinajstić information content (AvgIpc) is 2.53. The van der Waals surface area contributed by atoms with Gasteiger partial charge in [0.05, 0.1) is 0 Å². The van der Waals surface area contributed by atoms with E-state index in [4.69, 9.17) is 0 Å². The fourth-order valence-corrected chi connectivity index (χ4v) is 3.85. The second-order valence-corrected chi connectivity index (χ2v) is 6.22. The molecule has 3 nitrogen and oxygen atoms in total. The van der Waals surface area contributed by atoms with Gasteiger partial charge in [0.15, 0.2) is 0 Å². The molecule has 0 radical (unpaired) electrons. The molecule has 0 saturated carbocycles. The van der Waals surface area contributed by atoms with E-state index in [0.717, 1.165) is 35.3 Å². The zero-order valence-corrected chi connectivity index (χ0v) is 12.0. The monoisotopic (exact) mass is 317 g/mol. The standard InChI is InChI=1S/C12H16BrNO2S/c13-9-7-10(17-8-9)11(12(15)16)14-5-3-1-2-4-6-14/h7-8,11H,1-6H2,(H,15,16). The summed E-state index contributed by atoms with van der Waals surface area (Å²) in [6.07, 6.45) is 4.65. The molecule has 17 heavy (non-hydrogen) atoms. The van der Waals surface area contributed by atoms with Crippen LogP contribution in [0.5, 0.6) is 0 Å². The van der Waals surface area contributed by atoms with Crippen molar-refractivity contribution in [1.29, 1.82) is 0 Å². The van der Waals surface area contributed by atoms with E-state index in [-0.39, 0.29) is 0 Å². The predicted molar refractivity (Wildman–Crippen MR) is 72.4 cm³/mol. The van der Waals surface area contributed by atoms with Gasteiger partial charge in [0.1, 0.15) is 6.04 Å². The molecule has 1 aromatic heterocycles. The summed E-state index contributed by atoms with van der Waals surface area (Å²) >= 11 is 4.91. The fraction of sp³-hybridized carbons (Fsp3) is 0.583. The third kappa shape index (κ3) is 3.30. The highest BCUT2D eigenvalue weighted by Gasteiger charge is 2.28. The zero-order valence-electron chi connectivity index (χ0n) is 9.56. The molecular formula is C12H16BrNO2S. The molecule has 0 aliphatic carbocycles. The van der Waals surface area contributed by atoms with Crippen LogP contribution in [0.3, 0.4) is 0 Å². The van der Waals surface area contributed by atoms with E-state index in [1.165, 1.54) is 24.2 Å². The number of halogens is 1. The summed E-state index contributed by atoms with van der Waals surface area (Å²) in [6, 6.07) is 1.46. The summed E-state index contributed by atoms with van der Waals surface area (Å²) in [6.45, 7) is 1.79. The SMILES string of the molecule is O=C(O)C(c1cc(Br)cs1)N1CCCCCC1. The van der Waals surface area contributed by atoms with Gasteiger partial charge in [-0.1, -0.05) is 12.8 Å². The molecule has 1 saturated heterocycles. The first-order chi connectivity index (χ1) is 8.18. The summed E-state index contributed by atoms with van der Waals surface area (Å²) in [5.41, 5.74) is 0. The van der Waals surface area contributed by atoms with Crippen LogP contribution < -0.4 is 0 Å². The number of thiophene rings is 1. The number of nitrogens with zero attached hydrogens (tertiary/aromatic N) is 1. The van der Waals surface area contributed by atoms with Crippen molar-refractivity contribution in [2.45, 2.75) is 31.7 Å². The van der Waals surface area contributed by atoms with Gasteiger partial charge in [-0.2, -0.15) is 0 Å². The van der Waals surface area contributed by atoms with Crippen LogP contribution in [0.2, 0.25) is 0 Å². The van der Waals surface area contributed by atoms with Gasteiger partial charge < -0.3 is 5.11 Å². The normalized spacial score (nSPS) is 19.8. The van der Waals surface area contributed by atoms with Crippen LogP contribution in [0.1, 0.15) is 36.6 Å². The van der Waals surface area contributed by atoms with Crippen molar-refractivity contribution in [3.63, 3.8) is 0 Å². The van der Waals surface area contributed by atoms with Crippen molar-refractivity contribution in [2.75, 3.05) is 13.1 Å². The maximum Gasteiger partial charge on any atom is 0.326 e. The maximum absolute atomic E-state index is 11.5. The van der Waals surface area contributed by atoms with E-state index in [1.807, 2.05) is 11.4 Å². The van der Waals surface area contributed by atoms with Crippen LogP contribution in [-0.4, -0.2) is 29.1 Å². The van der Waals surface area contributed by atoms with Crippen molar-refractivity contribution >= 4 is 33.2 Å². The van der Waals surface area contributed by atoms with Crippen LogP contribution >= 0.6 is 27.3 Å². The van der Waals surface area contributed by atoms with E-state index in [1.54, 1.807) is 0 Å². The van der Waals surface area contributed by atoms with Gasteiger partial charge in [0, 0.05) is 14.7 Å². The van der Waals surface area contributed by atoms with Crippen LogP contribution in [-0.2, 0) is 4.79 Å². The van der Waals surface area contributed by atoms with Crippen LogP contribution in [0, 0.1) is 0 Å². The van der Waals surface area contributed by atoms with Gasteiger partial charge in [-0.05, 0) is 47.9 Å². The first-order valence-electron chi connectivity index (χ1n) is 5.89. The van der Waals surface area contributed by atoms with Crippen LogP contribution in [0.25, 0.3) is 0 Å².